The van der Waals surface area contributed by atoms with E-state index in [1.165, 1.54) is 12.3 Å². The lowest BCUT2D eigenvalue weighted by atomic mass is 10.3. The smallest absolute Gasteiger partial charge is 0.411 e. The van der Waals surface area contributed by atoms with Gasteiger partial charge in [0.05, 0.1) is 0 Å². The molecule has 0 fully saturated rings. The van der Waals surface area contributed by atoms with E-state index < -0.39 is 12.0 Å². The number of carbonyl (C=O) groups is 2. The normalized spacial score (nSPS) is 9.80. The van der Waals surface area contributed by atoms with Crippen molar-refractivity contribution in [1.29, 1.82) is 0 Å². The highest BCUT2D eigenvalue weighted by atomic mass is 16.5. The molecule has 0 spiro atoms. The van der Waals surface area contributed by atoms with E-state index in [9.17, 15) is 9.59 Å². The Labute approximate surface area is 114 Å². The Morgan fingerprint density at radius 2 is 1.85 bits per heavy atom. The van der Waals surface area contributed by atoms with E-state index in [0.717, 1.165) is 0 Å². The predicted molar refractivity (Wildman–Crippen MR) is 70.7 cm³/mol. The minimum Gasteiger partial charge on any atom is -0.465 e. The molecule has 0 aliphatic rings. The number of rotatable bonds is 3. The van der Waals surface area contributed by atoms with Gasteiger partial charge < -0.3 is 15.6 Å². The molecule has 2 aromatic rings. The van der Waals surface area contributed by atoms with Crippen molar-refractivity contribution in [2.75, 3.05) is 5.73 Å². The number of benzene rings is 1. The first kappa shape index (κ1) is 13.3. The summed E-state index contributed by atoms with van der Waals surface area (Å²) in [6.07, 6.45) is -0.0923. The van der Waals surface area contributed by atoms with Crippen LogP contribution in [0.15, 0.2) is 42.6 Å². The number of amides is 2. The zero-order chi connectivity index (χ0) is 14.5. The van der Waals surface area contributed by atoms with Gasteiger partial charge in [-0.25, -0.2) is 4.79 Å². The summed E-state index contributed by atoms with van der Waals surface area (Å²) in [5.74, 6) is 0.0792. The molecule has 0 saturated heterocycles. The van der Waals surface area contributed by atoms with Crippen LogP contribution in [-0.4, -0.2) is 22.1 Å². The fraction of sp³-hybridized carbons (Fsp3) is 0. The Bertz CT molecular complexity index is 640. The van der Waals surface area contributed by atoms with Gasteiger partial charge in [0.2, 0.25) is 0 Å². The van der Waals surface area contributed by atoms with Crippen LogP contribution in [0, 0.1) is 0 Å². The summed E-state index contributed by atoms with van der Waals surface area (Å²) in [7, 11) is 0. The average molecular weight is 273 g/mol. The Morgan fingerprint density at radius 1 is 1.15 bits per heavy atom. The summed E-state index contributed by atoms with van der Waals surface area (Å²) < 4.78 is 5.51. The van der Waals surface area contributed by atoms with E-state index in [1.54, 1.807) is 35.6 Å². The zero-order valence-corrected chi connectivity index (χ0v) is 10.2. The van der Waals surface area contributed by atoms with Gasteiger partial charge in [0, 0.05) is 18.0 Å². The van der Waals surface area contributed by atoms with E-state index in [1.807, 2.05) is 0 Å². The van der Waals surface area contributed by atoms with Crippen LogP contribution in [0.25, 0.3) is 0 Å². The van der Waals surface area contributed by atoms with Crippen molar-refractivity contribution in [2.45, 2.75) is 0 Å². The van der Waals surface area contributed by atoms with Crippen LogP contribution in [0.3, 0.4) is 0 Å². The summed E-state index contributed by atoms with van der Waals surface area (Å²) >= 11 is 0. The summed E-state index contributed by atoms with van der Waals surface area (Å²) in [5.41, 5.74) is 6.11. The molecule has 0 atom stereocenters. The molecule has 1 aromatic heterocycles. The number of nitrogens with two attached hydrogens (primary N) is 1. The van der Waals surface area contributed by atoms with Crippen LogP contribution in [0.5, 0.6) is 11.5 Å². The first-order chi connectivity index (χ1) is 9.54. The molecule has 0 saturated carbocycles. The number of nitrogens with one attached hydrogen (secondary N) is 1. The van der Waals surface area contributed by atoms with Crippen molar-refractivity contribution in [2.24, 2.45) is 0 Å². The van der Waals surface area contributed by atoms with Crippen LogP contribution in [0.2, 0.25) is 0 Å². The third-order valence-electron chi connectivity index (χ3n) is 2.30. The number of pyridine rings is 1. The summed E-state index contributed by atoms with van der Waals surface area (Å²) in [4.78, 5) is 25.6. The lowest BCUT2D eigenvalue weighted by molar-refractivity contribution is 0.0942. The number of carbonyl (C=O) groups excluding carboxylic acids is 1. The molecule has 7 nitrogen and oxygen atoms in total. The van der Waals surface area contributed by atoms with Gasteiger partial charge in [-0.15, -0.1) is 0 Å². The van der Waals surface area contributed by atoms with Crippen LogP contribution in [0.4, 0.5) is 10.5 Å². The molecule has 2 rings (SSSR count). The first-order valence-corrected chi connectivity index (χ1v) is 5.58. The maximum Gasteiger partial charge on any atom is 0.411 e. The molecule has 1 aromatic carbocycles. The Morgan fingerprint density at radius 3 is 2.50 bits per heavy atom. The van der Waals surface area contributed by atoms with Crippen molar-refractivity contribution >= 4 is 17.7 Å². The first-order valence-electron chi connectivity index (χ1n) is 5.58. The number of imide groups is 1. The summed E-state index contributed by atoms with van der Waals surface area (Å²) in [6.45, 7) is 0. The predicted octanol–water partition coefficient (Wildman–Crippen LogP) is 1.86. The van der Waals surface area contributed by atoms with E-state index in [4.69, 9.17) is 15.6 Å². The number of hydrogen-bond donors (Lipinski definition) is 3. The third-order valence-corrected chi connectivity index (χ3v) is 2.30. The number of hydrogen-bond acceptors (Lipinski definition) is 5. The molecule has 0 bridgehead atoms. The number of nitrogens with zero attached hydrogens (tertiary/aromatic N) is 1. The number of nitrogen functional groups attached to an aromatic ring is 1. The lowest BCUT2D eigenvalue weighted by Gasteiger charge is -2.07. The van der Waals surface area contributed by atoms with Gasteiger partial charge in [-0.3, -0.25) is 15.1 Å². The van der Waals surface area contributed by atoms with Crippen LogP contribution < -0.4 is 15.8 Å². The number of anilines is 1. The van der Waals surface area contributed by atoms with Crippen LogP contribution in [0.1, 0.15) is 10.5 Å². The molecule has 20 heavy (non-hydrogen) atoms. The van der Waals surface area contributed by atoms with Crippen LogP contribution in [-0.2, 0) is 0 Å². The number of carboxylic acid groups (broad SMARTS) is 1. The van der Waals surface area contributed by atoms with Crippen molar-refractivity contribution in [1.82, 2.24) is 10.3 Å². The van der Waals surface area contributed by atoms with Gasteiger partial charge in [0.25, 0.3) is 5.91 Å². The maximum absolute atomic E-state index is 11.5. The fourth-order valence-corrected chi connectivity index (χ4v) is 1.43. The Hall–Kier alpha value is -3.09. The minimum atomic E-state index is -1.44. The second-order valence-electron chi connectivity index (χ2n) is 3.81. The van der Waals surface area contributed by atoms with Gasteiger partial charge in [0.15, 0.2) is 0 Å². The van der Waals surface area contributed by atoms with Crippen molar-refractivity contribution in [3.63, 3.8) is 0 Å². The molecule has 0 unspecified atom stereocenters. The molecular formula is C13H11N3O4. The van der Waals surface area contributed by atoms with E-state index in [-0.39, 0.29) is 5.69 Å². The summed E-state index contributed by atoms with van der Waals surface area (Å²) in [5, 5.41) is 10.2. The third kappa shape index (κ3) is 3.45. The van der Waals surface area contributed by atoms with Crippen molar-refractivity contribution < 1.29 is 19.4 Å². The van der Waals surface area contributed by atoms with Crippen molar-refractivity contribution in [3.05, 3.63) is 48.3 Å². The second kappa shape index (κ2) is 5.70. The molecule has 4 N–H and O–H groups in total. The highest BCUT2D eigenvalue weighted by molar-refractivity contribution is 6.01. The molecule has 2 amide bonds. The monoisotopic (exact) mass is 273 g/mol. The molecule has 0 aliphatic heterocycles. The second-order valence-corrected chi connectivity index (χ2v) is 3.81. The Kier molecular flexibility index (Phi) is 3.80. The highest BCUT2D eigenvalue weighted by Gasteiger charge is 2.11. The topological polar surface area (TPSA) is 115 Å². The van der Waals surface area contributed by atoms with Gasteiger partial charge in [0.1, 0.15) is 17.2 Å². The van der Waals surface area contributed by atoms with E-state index in [2.05, 4.69) is 4.98 Å². The zero-order valence-electron chi connectivity index (χ0n) is 10.2. The van der Waals surface area contributed by atoms with Crippen LogP contribution >= 0.6 is 0 Å². The Balaban J connectivity index is 2.15. The van der Waals surface area contributed by atoms with Gasteiger partial charge in [-0.05, 0) is 30.3 Å². The average Bonchev–Trinajstić information content (AvgIpc) is 2.41. The molecular weight excluding hydrogens is 262 g/mol. The molecule has 0 radical (unpaired) electrons. The maximum atomic E-state index is 11.5. The van der Waals surface area contributed by atoms with Gasteiger partial charge >= 0.3 is 6.09 Å². The van der Waals surface area contributed by atoms with Gasteiger partial charge in [-0.2, -0.15) is 0 Å². The van der Waals surface area contributed by atoms with Gasteiger partial charge in [-0.1, -0.05) is 0 Å². The molecule has 7 heteroatoms. The van der Waals surface area contributed by atoms with Crippen molar-refractivity contribution in [3.8, 4) is 11.5 Å². The lowest BCUT2D eigenvalue weighted by Crippen LogP contribution is -2.29. The molecule has 102 valence electrons. The highest BCUT2D eigenvalue weighted by Crippen LogP contribution is 2.22. The number of ether oxygens (including phenoxy) is 1. The largest absolute Gasteiger partial charge is 0.465 e. The fourth-order valence-electron chi connectivity index (χ4n) is 1.43. The summed E-state index contributed by atoms with van der Waals surface area (Å²) in [6, 6.07) is 9.59. The quantitative estimate of drug-likeness (QED) is 0.735. The van der Waals surface area contributed by atoms with E-state index in [0.29, 0.717) is 17.2 Å². The molecule has 1 heterocycles. The SMILES string of the molecule is Nc1ccc(Oc2ccnc(C(=O)NC(=O)O)c2)cc1. The van der Waals surface area contributed by atoms with E-state index >= 15 is 0 Å². The minimum absolute atomic E-state index is 0.0552. The number of aromatic nitrogens is 1. The molecule has 0 aliphatic carbocycles. The standard InChI is InChI=1S/C13H11N3O4/c14-8-1-3-9(4-2-8)20-10-5-6-15-11(7-10)12(17)16-13(18)19/h1-7H,14H2,(H,16,17)(H,18,19).